The lowest BCUT2D eigenvalue weighted by atomic mass is 10.2. The zero-order valence-corrected chi connectivity index (χ0v) is 11.6. The van der Waals surface area contributed by atoms with Gasteiger partial charge in [0, 0.05) is 13.1 Å². The van der Waals surface area contributed by atoms with Crippen LogP contribution in [0.25, 0.3) is 0 Å². The van der Waals surface area contributed by atoms with E-state index in [1.807, 2.05) is 6.92 Å². The summed E-state index contributed by atoms with van der Waals surface area (Å²) in [7, 11) is 1.64. The molecule has 0 radical (unpaired) electrons. The fourth-order valence-electron chi connectivity index (χ4n) is 1.74. The Hall–Kier alpha value is -1.52. The Bertz CT molecular complexity index is 344. The standard InChI is InChI=1S/C13H24N4O/c1-4-6-7-8-9-15-13-11(18-3)12(14-5-2)16-10-17-13/h10H,4-9H2,1-3H3,(H2,14,15,16,17). The number of methoxy groups -OCH3 is 1. The number of anilines is 2. The van der Waals surface area contributed by atoms with Crippen LogP contribution in [0.15, 0.2) is 6.33 Å². The summed E-state index contributed by atoms with van der Waals surface area (Å²) in [5.74, 6) is 2.20. The predicted octanol–water partition coefficient (Wildman–Crippen LogP) is 2.91. The molecule has 1 aromatic rings. The predicted molar refractivity (Wildman–Crippen MR) is 75.4 cm³/mol. The van der Waals surface area contributed by atoms with Gasteiger partial charge in [-0.3, -0.25) is 0 Å². The zero-order valence-electron chi connectivity index (χ0n) is 11.6. The van der Waals surface area contributed by atoms with E-state index in [-0.39, 0.29) is 0 Å². The van der Waals surface area contributed by atoms with Crippen LogP contribution in [0.5, 0.6) is 5.75 Å². The lowest BCUT2D eigenvalue weighted by Gasteiger charge is -2.13. The van der Waals surface area contributed by atoms with E-state index in [1.165, 1.54) is 19.3 Å². The van der Waals surface area contributed by atoms with E-state index >= 15 is 0 Å². The topological polar surface area (TPSA) is 59.1 Å². The highest BCUT2D eigenvalue weighted by atomic mass is 16.5. The zero-order chi connectivity index (χ0) is 13.2. The molecule has 1 aromatic heterocycles. The van der Waals surface area contributed by atoms with Crippen LogP contribution in [0, 0.1) is 0 Å². The molecule has 0 aliphatic heterocycles. The van der Waals surface area contributed by atoms with Gasteiger partial charge in [0.15, 0.2) is 11.6 Å². The molecule has 0 aromatic carbocycles. The summed E-state index contributed by atoms with van der Waals surface area (Å²) < 4.78 is 5.36. The maximum absolute atomic E-state index is 5.36. The molecule has 1 rings (SSSR count). The maximum atomic E-state index is 5.36. The minimum Gasteiger partial charge on any atom is -0.490 e. The van der Waals surface area contributed by atoms with Crippen molar-refractivity contribution in [3.05, 3.63) is 6.33 Å². The monoisotopic (exact) mass is 252 g/mol. The quantitative estimate of drug-likeness (QED) is 0.662. The summed E-state index contributed by atoms with van der Waals surface area (Å²) in [6.07, 6.45) is 6.48. The van der Waals surface area contributed by atoms with Crippen LogP contribution in [-0.4, -0.2) is 30.2 Å². The third-order valence-electron chi connectivity index (χ3n) is 2.67. The van der Waals surface area contributed by atoms with Crippen molar-refractivity contribution < 1.29 is 4.74 Å². The molecule has 2 N–H and O–H groups in total. The van der Waals surface area contributed by atoms with Crippen LogP contribution < -0.4 is 15.4 Å². The summed E-state index contributed by atoms with van der Waals surface area (Å²) in [5.41, 5.74) is 0. The number of ether oxygens (including phenoxy) is 1. The summed E-state index contributed by atoms with van der Waals surface area (Å²) >= 11 is 0. The van der Waals surface area contributed by atoms with Gasteiger partial charge in [-0.05, 0) is 13.3 Å². The van der Waals surface area contributed by atoms with Crippen molar-refractivity contribution in [2.45, 2.75) is 39.5 Å². The Balaban J connectivity index is 2.55. The van der Waals surface area contributed by atoms with Crippen LogP contribution in [0.3, 0.4) is 0 Å². The number of nitrogens with zero attached hydrogens (tertiary/aromatic N) is 2. The first-order valence-electron chi connectivity index (χ1n) is 6.70. The van der Waals surface area contributed by atoms with E-state index < -0.39 is 0 Å². The molecule has 102 valence electrons. The van der Waals surface area contributed by atoms with Crippen LogP contribution >= 0.6 is 0 Å². The number of hydrogen-bond donors (Lipinski definition) is 2. The Morgan fingerprint density at radius 3 is 2.39 bits per heavy atom. The molecule has 1 heterocycles. The summed E-state index contributed by atoms with van der Waals surface area (Å²) in [4.78, 5) is 8.39. The van der Waals surface area contributed by atoms with Crippen molar-refractivity contribution >= 4 is 11.6 Å². The van der Waals surface area contributed by atoms with Crippen molar-refractivity contribution in [2.24, 2.45) is 0 Å². The number of unbranched alkanes of at least 4 members (excludes halogenated alkanes) is 3. The lowest BCUT2D eigenvalue weighted by molar-refractivity contribution is 0.414. The minimum absolute atomic E-state index is 0.690. The van der Waals surface area contributed by atoms with Gasteiger partial charge in [-0.1, -0.05) is 26.2 Å². The first kappa shape index (κ1) is 14.5. The van der Waals surface area contributed by atoms with E-state index in [0.717, 1.165) is 31.1 Å². The van der Waals surface area contributed by atoms with Gasteiger partial charge >= 0.3 is 0 Å². The van der Waals surface area contributed by atoms with Crippen molar-refractivity contribution in [1.29, 1.82) is 0 Å². The van der Waals surface area contributed by atoms with E-state index in [1.54, 1.807) is 13.4 Å². The van der Waals surface area contributed by atoms with Gasteiger partial charge in [-0.25, -0.2) is 9.97 Å². The van der Waals surface area contributed by atoms with E-state index in [2.05, 4.69) is 27.5 Å². The SMILES string of the molecule is CCCCCCNc1ncnc(NCC)c1OC. The molecule has 5 nitrogen and oxygen atoms in total. The largest absolute Gasteiger partial charge is 0.490 e. The summed E-state index contributed by atoms with van der Waals surface area (Å²) in [6, 6.07) is 0. The molecule has 0 saturated heterocycles. The summed E-state index contributed by atoms with van der Waals surface area (Å²) in [5, 5.41) is 6.47. The Morgan fingerprint density at radius 1 is 1.06 bits per heavy atom. The number of nitrogens with one attached hydrogen (secondary N) is 2. The molecular formula is C13H24N4O. The first-order chi connectivity index (χ1) is 8.83. The van der Waals surface area contributed by atoms with Gasteiger partial charge in [0.05, 0.1) is 7.11 Å². The highest BCUT2D eigenvalue weighted by Crippen LogP contribution is 2.28. The molecule has 0 fully saturated rings. The molecule has 18 heavy (non-hydrogen) atoms. The van der Waals surface area contributed by atoms with Gasteiger partial charge < -0.3 is 15.4 Å². The van der Waals surface area contributed by atoms with Crippen LogP contribution in [0.2, 0.25) is 0 Å². The smallest absolute Gasteiger partial charge is 0.204 e. The average Bonchev–Trinajstić information content (AvgIpc) is 2.39. The van der Waals surface area contributed by atoms with Gasteiger partial charge in [0.25, 0.3) is 0 Å². The molecule has 5 heteroatoms. The van der Waals surface area contributed by atoms with Crippen LogP contribution in [0.4, 0.5) is 11.6 Å². The van der Waals surface area contributed by atoms with Crippen LogP contribution in [-0.2, 0) is 0 Å². The third-order valence-corrected chi connectivity index (χ3v) is 2.67. The second-order valence-electron chi connectivity index (χ2n) is 4.12. The molecule has 0 bridgehead atoms. The van der Waals surface area contributed by atoms with Gasteiger partial charge in [-0.15, -0.1) is 0 Å². The molecule has 0 aliphatic rings. The van der Waals surface area contributed by atoms with Crippen molar-refractivity contribution in [1.82, 2.24) is 9.97 Å². The minimum atomic E-state index is 0.690. The van der Waals surface area contributed by atoms with Gasteiger partial charge in [0.1, 0.15) is 6.33 Å². The molecule has 0 unspecified atom stereocenters. The first-order valence-corrected chi connectivity index (χ1v) is 6.70. The highest BCUT2D eigenvalue weighted by molar-refractivity contribution is 5.63. The molecule has 0 amide bonds. The Kier molecular flexibility index (Phi) is 6.91. The maximum Gasteiger partial charge on any atom is 0.204 e. The second-order valence-corrected chi connectivity index (χ2v) is 4.12. The molecular weight excluding hydrogens is 228 g/mol. The number of aromatic nitrogens is 2. The van der Waals surface area contributed by atoms with Gasteiger partial charge in [0.2, 0.25) is 5.75 Å². The Labute approximate surface area is 109 Å². The highest BCUT2D eigenvalue weighted by Gasteiger charge is 2.10. The fourth-order valence-corrected chi connectivity index (χ4v) is 1.74. The van der Waals surface area contributed by atoms with E-state index in [9.17, 15) is 0 Å². The normalized spacial score (nSPS) is 10.2. The average molecular weight is 252 g/mol. The van der Waals surface area contributed by atoms with Crippen molar-refractivity contribution in [3.8, 4) is 5.75 Å². The molecule has 0 saturated carbocycles. The van der Waals surface area contributed by atoms with Crippen LogP contribution in [0.1, 0.15) is 39.5 Å². The Morgan fingerprint density at radius 2 is 1.78 bits per heavy atom. The van der Waals surface area contributed by atoms with Crippen molar-refractivity contribution in [3.63, 3.8) is 0 Å². The fraction of sp³-hybridized carbons (Fsp3) is 0.692. The van der Waals surface area contributed by atoms with Gasteiger partial charge in [-0.2, -0.15) is 0 Å². The third kappa shape index (κ3) is 4.39. The van der Waals surface area contributed by atoms with Crippen molar-refractivity contribution in [2.75, 3.05) is 30.8 Å². The number of hydrogen-bond acceptors (Lipinski definition) is 5. The second kappa shape index (κ2) is 8.55. The molecule has 0 spiro atoms. The molecule has 0 atom stereocenters. The number of rotatable bonds is 9. The van der Waals surface area contributed by atoms with E-state index in [0.29, 0.717) is 5.75 Å². The van der Waals surface area contributed by atoms with E-state index in [4.69, 9.17) is 4.74 Å². The molecule has 0 aliphatic carbocycles. The summed E-state index contributed by atoms with van der Waals surface area (Å²) in [6.45, 7) is 5.96. The lowest BCUT2D eigenvalue weighted by Crippen LogP contribution is -2.09.